The second kappa shape index (κ2) is 19.6. The van der Waals surface area contributed by atoms with Crippen LogP contribution in [0.3, 0.4) is 0 Å². The molecule has 0 aromatic heterocycles. The van der Waals surface area contributed by atoms with E-state index in [4.69, 9.17) is 4.74 Å². The van der Waals surface area contributed by atoms with E-state index in [2.05, 4.69) is 20.4 Å². The van der Waals surface area contributed by atoms with Gasteiger partial charge in [0.15, 0.2) is 0 Å². The van der Waals surface area contributed by atoms with Crippen molar-refractivity contribution in [3.8, 4) is 0 Å². The van der Waals surface area contributed by atoms with Gasteiger partial charge in [-0.15, -0.1) is 0 Å². The summed E-state index contributed by atoms with van der Waals surface area (Å²) in [7, 11) is -0.890. The van der Waals surface area contributed by atoms with Gasteiger partial charge in [-0.1, -0.05) is 105 Å². The zero-order valence-electron chi connectivity index (χ0n) is 32.4. The Labute approximate surface area is 329 Å². The van der Waals surface area contributed by atoms with Crippen LogP contribution in [0.1, 0.15) is 42.9 Å². The number of nitro groups is 1. The molecule has 0 bridgehead atoms. The molecule has 0 spiro atoms. The number of benzene rings is 4. The van der Waals surface area contributed by atoms with Gasteiger partial charge < -0.3 is 15.4 Å². The fourth-order valence-corrected chi connectivity index (χ4v) is 8.93. The predicted molar refractivity (Wildman–Crippen MR) is 215 cm³/mol. The number of hydrogen-bond donors (Lipinski definition) is 2. The van der Waals surface area contributed by atoms with E-state index >= 15 is 0 Å². The highest BCUT2D eigenvalue weighted by Crippen LogP contribution is 2.31. The van der Waals surface area contributed by atoms with Gasteiger partial charge in [-0.3, -0.25) is 24.7 Å². The Bertz CT molecular complexity index is 1950. The molecule has 1 aliphatic heterocycles. The lowest BCUT2D eigenvalue weighted by Crippen LogP contribution is -2.54. The van der Waals surface area contributed by atoms with Gasteiger partial charge in [0.05, 0.1) is 23.0 Å². The minimum absolute atomic E-state index is 0.00225. The molecule has 4 aromatic rings. The molecule has 5 rings (SSSR count). The maximum atomic E-state index is 14.5. The van der Waals surface area contributed by atoms with Crippen LogP contribution in [0, 0.1) is 16.0 Å². The zero-order valence-corrected chi connectivity index (χ0v) is 33.2. The van der Waals surface area contributed by atoms with Gasteiger partial charge in [-0.25, -0.2) is 13.2 Å². The first-order chi connectivity index (χ1) is 26.9. The maximum Gasteiger partial charge on any atom is 0.407 e. The fraction of sp³-hybridized carbons (Fsp3) is 0.381. The third-order valence-corrected chi connectivity index (χ3v) is 12.2. The number of nitrogens with zero attached hydrogens (tertiary/aromatic N) is 4. The summed E-state index contributed by atoms with van der Waals surface area (Å²) in [6, 6.07) is 32.3. The third-order valence-electron chi connectivity index (χ3n) is 10.3. The van der Waals surface area contributed by atoms with Crippen molar-refractivity contribution in [3.05, 3.63) is 142 Å². The largest absolute Gasteiger partial charge is 0.453 e. The Morgan fingerprint density at radius 3 is 1.95 bits per heavy atom. The number of likely N-dealkylation sites (N-methyl/N-ethyl adjacent to an activating group) is 1. The molecule has 13 nitrogen and oxygen atoms in total. The zero-order chi connectivity index (χ0) is 40.2. The van der Waals surface area contributed by atoms with E-state index < -0.39 is 44.9 Å². The molecule has 2 amide bonds. The SMILES string of the molecule is COC(=O)NC(C(=O)NCCN(C)[C@@H]1CN(Cc2ccccc2)C[C@H]1N(CCC(C)C)S(=O)(=O)c1ccc([N+](=O)[O-])cc1)C(c1ccccc1)c1ccccc1. The molecule has 1 heterocycles. The quantitative estimate of drug-likeness (QED) is 0.0985. The molecular weight excluding hydrogens is 733 g/mol. The number of carbonyl (C=O) groups excluding carboxylic acids is 2. The van der Waals surface area contributed by atoms with Crippen molar-refractivity contribution < 1.29 is 27.7 Å². The van der Waals surface area contributed by atoms with Crippen LogP contribution in [-0.2, 0) is 26.1 Å². The second-order valence-corrected chi connectivity index (χ2v) is 16.4. The molecule has 2 N–H and O–H groups in total. The molecule has 0 saturated carbocycles. The van der Waals surface area contributed by atoms with E-state index in [1.807, 2.05) is 112 Å². The minimum atomic E-state index is -4.07. The molecule has 1 unspecified atom stereocenters. The first-order valence-electron chi connectivity index (χ1n) is 18.8. The summed E-state index contributed by atoms with van der Waals surface area (Å²) in [4.78, 5) is 41.8. The number of likely N-dealkylation sites (tertiary alicyclic amines) is 1. The molecular formula is C42H52N6O7S. The van der Waals surface area contributed by atoms with Crippen LogP contribution in [-0.4, -0.2) is 104 Å². The summed E-state index contributed by atoms with van der Waals surface area (Å²) >= 11 is 0. The molecule has 1 saturated heterocycles. The van der Waals surface area contributed by atoms with Gasteiger partial charge in [0.2, 0.25) is 15.9 Å². The smallest absolute Gasteiger partial charge is 0.407 e. The van der Waals surface area contributed by atoms with Gasteiger partial charge in [-0.05, 0) is 48.2 Å². The van der Waals surface area contributed by atoms with Gasteiger partial charge in [0.25, 0.3) is 5.69 Å². The van der Waals surface area contributed by atoms with E-state index in [1.165, 1.54) is 31.4 Å². The van der Waals surface area contributed by atoms with Crippen LogP contribution in [0.25, 0.3) is 0 Å². The maximum absolute atomic E-state index is 14.5. The molecule has 56 heavy (non-hydrogen) atoms. The number of amides is 2. The Balaban J connectivity index is 1.40. The Hall–Kier alpha value is -5.15. The molecule has 14 heteroatoms. The number of nitro benzene ring substituents is 1. The lowest BCUT2D eigenvalue weighted by Gasteiger charge is -2.36. The molecule has 4 aromatic carbocycles. The number of ether oxygens (including phenoxy) is 1. The summed E-state index contributed by atoms with van der Waals surface area (Å²) < 4.78 is 35.4. The number of hydrogen-bond acceptors (Lipinski definition) is 9. The van der Waals surface area contributed by atoms with Crippen molar-refractivity contribution in [2.75, 3.05) is 46.9 Å². The second-order valence-electron chi connectivity index (χ2n) is 14.5. The number of sulfonamides is 1. The van der Waals surface area contributed by atoms with E-state index in [-0.39, 0.29) is 35.6 Å². The predicted octanol–water partition coefficient (Wildman–Crippen LogP) is 5.49. The minimum Gasteiger partial charge on any atom is -0.453 e. The van der Waals surface area contributed by atoms with Gasteiger partial charge in [0, 0.05) is 63.4 Å². The van der Waals surface area contributed by atoms with E-state index in [0.717, 1.165) is 16.7 Å². The molecule has 1 aliphatic rings. The highest BCUT2D eigenvalue weighted by Gasteiger charge is 2.44. The van der Waals surface area contributed by atoms with Crippen LogP contribution < -0.4 is 10.6 Å². The van der Waals surface area contributed by atoms with E-state index in [0.29, 0.717) is 32.6 Å². The molecule has 0 radical (unpaired) electrons. The highest BCUT2D eigenvalue weighted by molar-refractivity contribution is 7.89. The van der Waals surface area contributed by atoms with Crippen LogP contribution in [0.5, 0.6) is 0 Å². The van der Waals surface area contributed by atoms with Gasteiger partial charge in [-0.2, -0.15) is 4.31 Å². The lowest BCUT2D eigenvalue weighted by atomic mass is 9.84. The normalized spacial score (nSPS) is 16.6. The Morgan fingerprint density at radius 1 is 0.857 bits per heavy atom. The average Bonchev–Trinajstić information content (AvgIpc) is 3.61. The molecule has 1 fully saturated rings. The lowest BCUT2D eigenvalue weighted by molar-refractivity contribution is -0.384. The van der Waals surface area contributed by atoms with Crippen LogP contribution in [0.4, 0.5) is 10.5 Å². The monoisotopic (exact) mass is 784 g/mol. The van der Waals surface area contributed by atoms with E-state index in [1.54, 1.807) is 4.31 Å². The van der Waals surface area contributed by atoms with E-state index in [9.17, 15) is 28.1 Å². The van der Waals surface area contributed by atoms with Crippen molar-refractivity contribution in [2.24, 2.45) is 5.92 Å². The number of alkyl carbamates (subject to hydrolysis) is 1. The van der Waals surface area contributed by atoms with Crippen LogP contribution in [0.2, 0.25) is 0 Å². The number of nitrogens with one attached hydrogen (secondary N) is 2. The highest BCUT2D eigenvalue weighted by atomic mass is 32.2. The van der Waals surface area contributed by atoms with Gasteiger partial charge in [0.1, 0.15) is 6.04 Å². The van der Waals surface area contributed by atoms with Crippen molar-refractivity contribution in [3.63, 3.8) is 0 Å². The standard InChI is InChI=1S/C42H52N6O7S/c1-31(2)24-26-47(56(53,54)36-22-20-35(21-23-36)48(51)52)38-30-46(28-32-14-8-5-9-15-32)29-37(38)45(3)27-25-43-41(49)40(44-42(50)55-4)39(33-16-10-6-11-17-33)34-18-12-7-13-19-34/h5-23,31,37-40H,24-30H2,1-4H3,(H,43,49)(H,44,50)/t37-,38-,40?/m1/s1. The van der Waals surface area contributed by atoms with Crippen molar-refractivity contribution in [1.82, 2.24) is 24.7 Å². The number of rotatable bonds is 18. The molecule has 0 aliphatic carbocycles. The topological polar surface area (TPSA) is 154 Å². The number of non-ortho nitro benzene ring substituents is 1. The summed E-state index contributed by atoms with van der Waals surface area (Å²) in [6.07, 6.45) is -0.117. The van der Waals surface area contributed by atoms with Crippen molar-refractivity contribution in [2.45, 2.75) is 55.8 Å². The van der Waals surface area contributed by atoms with Gasteiger partial charge >= 0.3 is 6.09 Å². The number of methoxy groups -OCH3 is 1. The van der Waals surface area contributed by atoms with Crippen molar-refractivity contribution in [1.29, 1.82) is 0 Å². The summed E-state index contributed by atoms with van der Waals surface area (Å²) in [6.45, 7) is 6.60. The molecule has 298 valence electrons. The van der Waals surface area contributed by atoms with Crippen LogP contribution in [0.15, 0.2) is 120 Å². The third kappa shape index (κ3) is 10.8. The first kappa shape index (κ1) is 42.0. The van der Waals surface area contributed by atoms with Crippen LogP contribution >= 0.6 is 0 Å². The number of carbonyl (C=O) groups is 2. The van der Waals surface area contributed by atoms with Crippen molar-refractivity contribution >= 4 is 27.7 Å². The first-order valence-corrected chi connectivity index (χ1v) is 20.3. The summed E-state index contributed by atoms with van der Waals surface area (Å²) in [5, 5.41) is 17.2. The summed E-state index contributed by atoms with van der Waals surface area (Å²) in [5.74, 6) is -0.687. The summed E-state index contributed by atoms with van der Waals surface area (Å²) in [5.41, 5.74) is 2.60. The Morgan fingerprint density at radius 2 is 1.41 bits per heavy atom. The molecule has 3 atom stereocenters. The average molecular weight is 785 g/mol. The Kier molecular flexibility index (Phi) is 14.7. The fourth-order valence-electron chi connectivity index (χ4n) is 7.27.